The van der Waals surface area contributed by atoms with Gasteiger partial charge in [0, 0.05) is 11.3 Å². The summed E-state index contributed by atoms with van der Waals surface area (Å²) in [5.74, 6) is 0.247. The molecular formula is C18H16N2O2. The van der Waals surface area contributed by atoms with Crippen LogP contribution < -0.4 is 5.32 Å². The van der Waals surface area contributed by atoms with E-state index in [1.54, 1.807) is 0 Å². The number of amides is 1. The number of aromatic nitrogens is 1. The van der Waals surface area contributed by atoms with Crippen LogP contribution in [0.25, 0.3) is 11.3 Å². The van der Waals surface area contributed by atoms with Gasteiger partial charge in [0.25, 0.3) is 5.91 Å². The minimum absolute atomic E-state index is 0.228. The zero-order chi connectivity index (χ0) is 15.5. The highest BCUT2D eigenvalue weighted by Crippen LogP contribution is 2.25. The molecule has 1 amide bonds. The molecule has 4 heteroatoms. The van der Waals surface area contributed by atoms with Crippen LogP contribution in [-0.4, -0.2) is 11.1 Å². The summed E-state index contributed by atoms with van der Waals surface area (Å²) in [6.45, 7) is 3.95. The normalized spacial score (nSPS) is 10.5. The Morgan fingerprint density at radius 2 is 1.86 bits per heavy atom. The van der Waals surface area contributed by atoms with Crippen molar-refractivity contribution in [3.8, 4) is 11.3 Å². The maximum absolute atomic E-state index is 12.5. The van der Waals surface area contributed by atoms with Gasteiger partial charge in [-0.15, -0.1) is 0 Å². The van der Waals surface area contributed by atoms with Crippen LogP contribution in [0.4, 0.5) is 5.69 Å². The summed E-state index contributed by atoms with van der Waals surface area (Å²) in [7, 11) is 0. The molecule has 1 aromatic heterocycles. The third kappa shape index (κ3) is 2.76. The summed E-state index contributed by atoms with van der Waals surface area (Å²) in [6.07, 6.45) is 1.45. The molecule has 0 fully saturated rings. The van der Waals surface area contributed by atoms with Crippen molar-refractivity contribution >= 4 is 11.6 Å². The van der Waals surface area contributed by atoms with Gasteiger partial charge in [-0.1, -0.05) is 47.6 Å². The number of benzene rings is 2. The SMILES string of the molecule is Cc1ccc(C)c(NC(=O)c2cnoc2-c2ccccc2)c1. The number of rotatable bonds is 3. The predicted molar refractivity (Wildman–Crippen MR) is 85.8 cm³/mol. The lowest BCUT2D eigenvalue weighted by molar-refractivity contribution is 0.102. The monoisotopic (exact) mass is 292 g/mol. The molecule has 0 bridgehead atoms. The molecule has 3 rings (SSSR count). The Kier molecular flexibility index (Phi) is 3.74. The molecule has 110 valence electrons. The molecule has 22 heavy (non-hydrogen) atoms. The fourth-order valence-electron chi connectivity index (χ4n) is 2.26. The molecular weight excluding hydrogens is 276 g/mol. The van der Waals surface area contributed by atoms with E-state index in [2.05, 4.69) is 10.5 Å². The summed E-state index contributed by atoms with van der Waals surface area (Å²) in [6, 6.07) is 15.4. The Bertz CT molecular complexity index is 807. The van der Waals surface area contributed by atoms with Crippen LogP contribution in [0.5, 0.6) is 0 Å². The molecule has 4 nitrogen and oxygen atoms in total. The number of carbonyl (C=O) groups excluding carboxylic acids is 1. The first-order valence-electron chi connectivity index (χ1n) is 7.04. The van der Waals surface area contributed by atoms with E-state index < -0.39 is 0 Å². The number of anilines is 1. The highest BCUT2D eigenvalue weighted by atomic mass is 16.5. The molecule has 0 radical (unpaired) electrons. The quantitative estimate of drug-likeness (QED) is 0.786. The van der Waals surface area contributed by atoms with Gasteiger partial charge in [0.1, 0.15) is 5.56 Å². The van der Waals surface area contributed by atoms with E-state index >= 15 is 0 Å². The van der Waals surface area contributed by atoms with Crippen molar-refractivity contribution in [2.75, 3.05) is 5.32 Å². The number of carbonyl (C=O) groups is 1. The van der Waals surface area contributed by atoms with Gasteiger partial charge < -0.3 is 9.84 Å². The predicted octanol–water partition coefficient (Wildman–Crippen LogP) is 4.21. The lowest BCUT2D eigenvalue weighted by Gasteiger charge is -2.09. The molecule has 0 saturated carbocycles. The standard InChI is InChI=1S/C18H16N2O2/c1-12-8-9-13(2)16(10-12)20-18(21)15-11-19-22-17(15)14-6-4-3-5-7-14/h3-11H,1-2H3,(H,20,21). The molecule has 3 aromatic rings. The molecule has 0 spiro atoms. The molecule has 2 aromatic carbocycles. The lowest BCUT2D eigenvalue weighted by atomic mass is 10.1. The number of nitrogens with one attached hydrogen (secondary N) is 1. The fourth-order valence-corrected chi connectivity index (χ4v) is 2.26. The van der Waals surface area contributed by atoms with Crippen LogP contribution in [0.2, 0.25) is 0 Å². The van der Waals surface area contributed by atoms with Crippen LogP contribution >= 0.6 is 0 Å². The zero-order valence-electron chi connectivity index (χ0n) is 12.5. The molecule has 0 aliphatic heterocycles. The molecule has 0 unspecified atom stereocenters. The zero-order valence-corrected chi connectivity index (χ0v) is 12.5. The van der Waals surface area contributed by atoms with Crippen molar-refractivity contribution in [3.05, 3.63) is 71.4 Å². The molecule has 0 aliphatic rings. The third-order valence-electron chi connectivity index (χ3n) is 3.49. The minimum atomic E-state index is -0.228. The fraction of sp³-hybridized carbons (Fsp3) is 0.111. The van der Waals surface area contributed by atoms with Gasteiger partial charge in [-0.3, -0.25) is 4.79 Å². The Morgan fingerprint density at radius 3 is 2.64 bits per heavy atom. The first kappa shape index (κ1) is 14.1. The third-order valence-corrected chi connectivity index (χ3v) is 3.49. The topological polar surface area (TPSA) is 55.1 Å². The van der Waals surface area contributed by atoms with Gasteiger partial charge in [-0.25, -0.2) is 0 Å². The smallest absolute Gasteiger partial charge is 0.261 e. The second-order valence-corrected chi connectivity index (χ2v) is 5.21. The van der Waals surface area contributed by atoms with E-state index in [1.165, 1.54) is 6.20 Å². The van der Waals surface area contributed by atoms with E-state index in [1.807, 2.05) is 62.4 Å². The second kappa shape index (κ2) is 5.85. The van der Waals surface area contributed by atoms with E-state index in [0.717, 1.165) is 22.4 Å². The molecule has 0 saturated heterocycles. The van der Waals surface area contributed by atoms with Gasteiger partial charge in [-0.2, -0.15) is 0 Å². The molecule has 1 heterocycles. The minimum Gasteiger partial charge on any atom is -0.355 e. The van der Waals surface area contributed by atoms with Crippen LogP contribution in [-0.2, 0) is 0 Å². The number of nitrogens with zero attached hydrogens (tertiary/aromatic N) is 1. The maximum atomic E-state index is 12.5. The second-order valence-electron chi connectivity index (χ2n) is 5.21. The Morgan fingerprint density at radius 1 is 1.09 bits per heavy atom. The molecule has 0 aliphatic carbocycles. The van der Waals surface area contributed by atoms with E-state index in [0.29, 0.717) is 11.3 Å². The van der Waals surface area contributed by atoms with E-state index in [4.69, 9.17) is 4.52 Å². The Hall–Kier alpha value is -2.88. The van der Waals surface area contributed by atoms with Crippen LogP contribution in [0.15, 0.2) is 59.3 Å². The van der Waals surface area contributed by atoms with Gasteiger partial charge in [-0.05, 0) is 31.0 Å². The van der Waals surface area contributed by atoms with Crippen molar-refractivity contribution in [2.24, 2.45) is 0 Å². The van der Waals surface area contributed by atoms with Gasteiger partial charge >= 0.3 is 0 Å². The first-order chi connectivity index (χ1) is 10.6. The summed E-state index contributed by atoms with van der Waals surface area (Å²) < 4.78 is 5.25. The van der Waals surface area contributed by atoms with Crippen molar-refractivity contribution in [1.29, 1.82) is 0 Å². The summed E-state index contributed by atoms with van der Waals surface area (Å²) in [5.41, 5.74) is 4.15. The van der Waals surface area contributed by atoms with E-state index in [-0.39, 0.29) is 5.91 Å². The van der Waals surface area contributed by atoms with Gasteiger partial charge in [0.2, 0.25) is 0 Å². The molecule has 0 atom stereocenters. The summed E-state index contributed by atoms with van der Waals surface area (Å²) in [4.78, 5) is 12.5. The van der Waals surface area contributed by atoms with Crippen LogP contribution in [0, 0.1) is 13.8 Å². The summed E-state index contributed by atoms with van der Waals surface area (Å²) >= 11 is 0. The largest absolute Gasteiger partial charge is 0.355 e. The highest BCUT2D eigenvalue weighted by molar-refractivity contribution is 6.08. The van der Waals surface area contributed by atoms with Crippen molar-refractivity contribution in [1.82, 2.24) is 5.16 Å². The van der Waals surface area contributed by atoms with Gasteiger partial charge in [0.05, 0.1) is 6.20 Å². The first-order valence-corrected chi connectivity index (χ1v) is 7.04. The Labute approximate surface area is 128 Å². The Balaban J connectivity index is 1.91. The molecule has 1 N–H and O–H groups in total. The van der Waals surface area contributed by atoms with Crippen LogP contribution in [0.1, 0.15) is 21.5 Å². The lowest BCUT2D eigenvalue weighted by Crippen LogP contribution is -2.13. The highest BCUT2D eigenvalue weighted by Gasteiger charge is 2.18. The summed E-state index contributed by atoms with van der Waals surface area (Å²) in [5, 5.41) is 6.69. The van der Waals surface area contributed by atoms with Crippen LogP contribution in [0.3, 0.4) is 0 Å². The maximum Gasteiger partial charge on any atom is 0.261 e. The number of aryl methyl sites for hydroxylation is 2. The van der Waals surface area contributed by atoms with Crippen molar-refractivity contribution in [2.45, 2.75) is 13.8 Å². The number of hydrogen-bond acceptors (Lipinski definition) is 3. The van der Waals surface area contributed by atoms with Gasteiger partial charge in [0.15, 0.2) is 5.76 Å². The van der Waals surface area contributed by atoms with E-state index in [9.17, 15) is 4.79 Å². The number of hydrogen-bond donors (Lipinski definition) is 1. The van der Waals surface area contributed by atoms with Crippen molar-refractivity contribution < 1.29 is 9.32 Å². The average molecular weight is 292 g/mol. The van der Waals surface area contributed by atoms with Crippen molar-refractivity contribution in [3.63, 3.8) is 0 Å². The average Bonchev–Trinajstić information content (AvgIpc) is 3.01.